The number of nitrogens with one attached hydrogen (secondary N) is 2. The summed E-state index contributed by atoms with van der Waals surface area (Å²) in [4.78, 5) is 11.1. The van der Waals surface area contributed by atoms with Gasteiger partial charge in [-0.2, -0.15) is 4.98 Å². The Kier molecular flexibility index (Phi) is 5.25. The number of rotatable bonds is 6. The van der Waals surface area contributed by atoms with Crippen LogP contribution < -0.4 is 10.6 Å². The molecule has 0 saturated carbocycles. The van der Waals surface area contributed by atoms with E-state index in [1.165, 1.54) is 0 Å². The van der Waals surface area contributed by atoms with Crippen LogP contribution in [0.2, 0.25) is 0 Å². The maximum Gasteiger partial charge on any atom is 0.280 e. The summed E-state index contributed by atoms with van der Waals surface area (Å²) in [5.74, 6) is -2.26. The summed E-state index contributed by atoms with van der Waals surface area (Å²) in [6, 6.07) is 4.67. The summed E-state index contributed by atoms with van der Waals surface area (Å²) >= 11 is 0. The van der Waals surface area contributed by atoms with Crippen molar-refractivity contribution >= 4 is 28.4 Å². The number of aromatic nitrogens is 7. The van der Waals surface area contributed by atoms with Crippen molar-refractivity contribution in [3.05, 3.63) is 24.4 Å². The molecule has 1 atom stereocenters. The molecule has 2 saturated heterocycles. The Morgan fingerprint density at radius 1 is 1.20 bits per heavy atom. The normalized spacial score (nSPS) is 20.9. The van der Waals surface area contributed by atoms with Crippen LogP contribution >= 0.6 is 0 Å². The van der Waals surface area contributed by atoms with Crippen LogP contribution in [-0.2, 0) is 11.3 Å². The Hall–Kier alpha value is -3.45. The number of anilines is 2. The molecule has 13 heteroatoms. The predicted molar refractivity (Wildman–Crippen MR) is 126 cm³/mol. The predicted octanol–water partition coefficient (Wildman–Crippen LogP) is 2.12. The molecule has 6 rings (SSSR count). The third kappa shape index (κ3) is 3.74. The minimum Gasteiger partial charge on any atom is -0.378 e. The van der Waals surface area contributed by atoms with Crippen molar-refractivity contribution in [2.75, 3.05) is 44.0 Å². The Bertz CT molecular complexity index is 1380. The first-order valence-electron chi connectivity index (χ1n) is 11.7. The van der Waals surface area contributed by atoms with Crippen LogP contribution in [-0.4, -0.2) is 90.8 Å². The fourth-order valence-electron chi connectivity index (χ4n) is 4.73. The molecule has 0 aromatic carbocycles. The van der Waals surface area contributed by atoms with Crippen molar-refractivity contribution in [3.63, 3.8) is 0 Å². The van der Waals surface area contributed by atoms with Crippen molar-refractivity contribution < 1.29 is 13.5 Å². The summed E-state index contributed by atoms with van der Waals surface area (Å²) < 4.78 is 38.5. The zero-order valence-electron chi connectivity index (χ0n) is 19.4. The minimum atomic E-state index is -2.91. The zero-order valence-corrected chi connectivity index (χ0v) is 19.4. The van der Waals surface area contributed by atoms with Crippen LogP contribution in [0.15, 0.2) is 24.4 Å². The van der Waals surface area contributed by atoms with E-state index in [1.807, 2.05) is 30.0 Å². The first-order chi connectivity index (χ1) is 17.0. The summed E-state index contributed by atoms with van der Waals surface area (Å²) in [7, 11) is 1.74. The van der Waals surface area contributed by atoms with Crippen molar-refractivity contribution in [3.8, 4) is 11.3 Å². The monoisotopic (exact) mass is 484 g/mol. The SMILES string of the molecule is CCn1nnc2ccc(-c3ccn4nc(N[C@@H]5CCN(C6COC6)CC5(F)F)nc(NC)c34)nc21. The van der Waals surface area contributed by atoms with Crippen molar-refractivity contribution in [1.82, 2.24) is 39.5 Å². The highest BCUT2D eigenvalue weighted by Gasteiger charge is 2.47. The highest BCUT2D eigenvalue weighted by molar-refractivity contribution is 5.89. The second kappa shape index (κ2) is 8.34. The number of hydrogen-bond acceptors (Lipinski definition) is 9. The molecule has 2 N–H and O–H groups in total. The van der Waals surface area contributed by atoms with E-state index in [1.54, 1.807) is 22.4 Å². The molecule has 2 aliphatic heterocycles. The van der Waals surface area contributed by atoms with Gasteiger partial charge < -0.3 is 15.4 Å². The number of likely N-dealkylation sites (tertiary alicyclic amines) is 1. The molecule has 0 unspecified atom stereocenters. The third-order valence-electron chi connectivity index (χ3n) is 6.75. The highest BCUT2D eigenvalue weighted by Crippen LogP contribution is 2.33. The second-order valence-corrected chi connectivity index (χ2v) is 8.91. The van der Waals surface area contributed by atoms with E-state index in [0.717, 1.165) is 11.3 Å². The van der Waals surface area contributed by atoms with Gasteiger partial charge in [0.15, 0.2) is 11.5 Å². The number of alkyl halides is 2. The molecule has 0 radical (unpaired) electrons. The molecule has 0 aliphatic carbocycles. The van der Waals surface area contributed by atoms with Gasteiger partial charge in [-0.3, -0.25) is 4.90 Å². The average Bonchev–Trinajstić information content (AvgIpc) is 3.42. The Morgan fingerprint density at radius 3 is 2.77 bits per heavy atom. The third-order valence-corrected chi connectivity index (χ3v) is 6.75. The van der Waals surface area contributed by atoms with Crippen LogP contribution in [0.3, 0.4) is 0 Å². The van der Waals surface area contributed by atoms with Crippen molar-refractivity contribution in [2.45, 2.75) is 37.9 Å². The van der Waals surface area contributed by atoms with E-state index in [9.17, 15) is 8.78 Å². The lowest BCUT2D eigenvalue weighted by molar-refractivity contribution is -0.131. The number of ether oxygens (including phenoxy) is 1. The second-order valence-electron chi connectivity index (χ2n) is 8.91. The first kappa shape index (κ1) is 22.0. The van der Waals surface area contributed by atoms with E-state index in [-0.39, 0.29) is 18.5 Å². The Balaban J connectivity index is 1.31. The van der Waals surface area contributed by atoms with E-state index in [4.69, 9.17) is 9.72 Å². The van der Waals surface area contributed by atoms with Gasteiger partial charge in [0.05, 0.1) is 37.5 Å². The molecular formula is C22H26F2N10O. The van der Waals surface area contributed by atoms with Crippen LogP contribution in [0, 0.1) is 0 Å². The van der Waals surface area contributed by atoms with Gasteiger partial charge in [0.2, 0.25) is 5.95 Å². The maximum atomic E-state index is 15.0. The van der Waals surface area contributed by atoms with Crippen LogP contribution in [0.1, 0.15) is 13.3 Å². The van der Waals surface area contributed by atoms with Gasteiger partial charge in [-0.05, 0) is 31.5 Å². The van der Waals surface area contributed by atoms with Gasteiger partial charge in [0, 0.05) is 31.9 Å². The van der Waals surface area contributed by atoms with E-state index in [0.29, 0.717) is 55.2 Å². The lowest BCUT2D eigenvalue weighted by Gasteiger charge is -2.44. The number of hydrogen-bond donors (Lipinski definition) is 2. The smallest absolute Gasteiger partial charge is 0.280 e. The van der Waals surface area contributed by atoms with Crippen molar-refractivity contribution in [1.29, 1.82) is 0 Å². The van der Waals surface area contributed by atoms with Crippen LogP contribution in [0.5, 0.6) is 0 Å². The fraction of sp³-hybridized carbons (Fsp3) is 0.500. The average molecular weight is 485 g/mol. The molecule has 0 spiro atoms. The molecule has 2 aliphatic rings. The van der Waals surface area contributed by atoms with Crippen LogP contribution in [0.25, 0.3) is 27.9 Å². The molecule has 11 nitrogen and oxygen atoms in total. The van der Waals surface area contributed by atoms with Gasteiger partial charge >= 0.3 is 0 Å². The van der Waals surface area contributed by atoms with Gasteiger partial charge in [0.25, 0.3) is 5.92 Å². The number of piperidine rings is 1. The topological polar surface area (TPSA) is 110 Å². The summed E-state index contributed by atoms with van der Waals surface area (Å²) in [6.45, 7) is 3.95. The number of pyridine rings is 1. The summed E-state index contributed by atoms with van der Waals surface area (Å²) in [5, 5.41) is 18.7. The van der Waals surface area contributed by atoms with E-state index < -0.39 is 12.0 Å². The number of nitrogens with zero attached hydrogens (tertiary/aromatic N) is 8. The fourth-order valence-corrected chi connectivity index (χ4v) is 4.73. The molecule has 2 fully saturated rings. The number of fused-ring (bicyclic) bond motifs is 2. The molecule has 4 aromatic heterocycles. The molecule has 6 heterocycles. The Labute approximate surface area is 199 Å². The van der Waals surface area contributed by atoms with Gasteiger partial charge in [-0.1, -0.05) is 5.21 Å². The molecule has 0 amide bonds. The highest BCUT2D eigenvalue weighted by atomic mass is 19.3. The van der Waals surface area contributed by atoms with E-state index >= 15 is 0 Å². The van der Waals surface area contributed by atoms with Gasteiger partial charge in [-0.25, -0.2) is 23.0 Å². The molecule has 184 valence electrons. The zero-order chi connectivity index (χ0) is 24.2. The first-order valence-corrected chi connectivity index (χ1v) is 11.7. The van der Waals surface area contributed by atoms with Gasteiger partial charge in [0.1, 0.15) is 11.0 Å². The summed E-state index contributed by atoms with van der Waals surface area (Å²) in [5.41, 5.74) is 3.64. The standard InChI is InChI=1S/C22H26F2N10O/c1-3-33-20-16(29-31-33)5-4-15(26-20)14-6-9-34-18(14)19(25-2)28-21(30-34)27-17-7-8-32(12-22(17,23)24)13-10-35-11-13/h4-6,9,13,17H,3,7-8,10-12H2,1-2H3,(H2,25,27,28,30)/t17-/m1/s1. The molecule has 35 heavy (non-hydrogen) atoms. The lowest BCUT2D eigenvalue weighted by Crippen LogP contribution is -2.61. The lowest BCUT2D eigenvalue weighted by atomic mass is 9.98. The van der Waals surface area contributed by atoms with Crippen LogP contribution in [0.4, 0.5) is 20.5 Å². The van der Waals surface area contributed by atoms with E-state index in [2.05, 4.69) is 31.0 Å². The molecule has 4 aromatic rings. The minimum absolute atomic E-state index is 0.0863. The van der Waals surface area contributed by atoms with Gasteiger partial charge in [-0.15, -0.1) is 10.2 Å². The largest absolute Gasteiger partial charge is 0.378 e. The maximum absolute atomic E-state index is 15.0. The van der Waals surface area contributed by atoms with Crippen molar-refractivity contribution in [2.24, 2.45) is 0 Å². The number of aryl methyl sites for hydroxylation is 1. The quantitative estimate of drug-likeness (QED) is 0.425. The molecular weight excluding hydrogens is 458 g/mol. The Morgan fingerprint density at radius 2 is 2.06 bits per heavy atom. The molecule has 0 bridgehead atoms. The number of halogens is 2. The summed E-state index contributed by atoms with van der Waals surface area (Å²) in [6.07, 6.45) is 2.07.